The van der Waals surface area contributed by atoms with Crippen molar-refractivity contribution in [3.05, 3.63) is 98.5 Å². The van der Waals surface area contributed by atoms with Gasteiger partial charge < -0.3 is 4.74 Å². The van der Waals surface area contributed by atoms with Gasteiger partial charge in [0.2, 0.25) is 5.78 Å². The number of carbonyl (C=O) groups is 2. The first kappa shape index (κ1) is 22.3. The molecular formula is C25H16Cl3NO3. The van der Waals surface area contributed by atoms with Gasteiger partial charge in [0.1, 0.15) is 0 Å². The van der Waals surface area contributed by atoms with Crippen molar-refractivity contribution in [2.45, 2.75) is 6.92 Å². The van der Waals surface area contributed by atoms with Crippen molar-refractivity contribution in [1.82, 2.24) is 4.98 Å². The Balaban J connectivity index is 1.73. The number of halogens is 3. The van der Waals surface area contributed by atoms with E-state index in [0.717, 1.165) is 5.56 Å². The highest BCUT2D eigenvalue weighted by atomic mass is 35.5. The van der Waals surface area contributed by atoms with Gasteiger partial charge in [0.15, 0.2) is 6.61 Å². The van der Waals surface area contributed by atoms with Gasteiger partial charge in [-0.05, 0) is 36.8 Å². The summed E-state index contributed by atoms with van der Waals surface area (Å²) in [7, 11) is 0. The summed E-state index contributed by atoms with van der Waals surface area (Å²) < 4.78 is 5.40. The van der Waals surface area contributed by atoms with E-state index in [9.17, 15) is 9.59 Å². The summed E-state index contributed by atoms with van der Waals surface area (Å²) in [5.41, 5.74) is 3.11. The highest BCUT2D eigenvalue weighted by Crippen LogP contribution is 2.33. The van der Waals surface area contributed by atoms with Crippen molar-refractivity contribution in [1.29, 1.82) is 0 Å². The monoisotopic (exact) mass is 483 g/mol. The molecule has 0 fully saturated rings. The number of hydrogen-bond donors (Lipinski definition) is 0. The van der Waals surface area contributed by atoms with Crippen LogP contribution in [0.5, 0.6) is 0 Å². The van der Waals surface area contributed by atoms with Crippen LogP contribution in [0.2, 0.25) is 15.1 Å². The molecule has 4 nitrogen and oxygen atoms in total. The Bertz CT molecular complexity index is 1350. The van der Waals surface area contributed by atoms with E-state index in [4.69, 9.17) is 44.5 Å². The summed E-state index contributed by atoms with van der Waals surface area (Å²) in [5.74, 6) is -1.08. The maximum Gasteiger partial charge on any atom is 0.339 e. The summed E-state index contributed by atoms with van der Waals surface area (Å²) in [5, 5.41) is 1.57. The van der Waals surface area contributed by atoms with Gasteiger partial charge in [0, 0.05) is 21.5 Å². The molecule has 3 aromatic carbocycles. The number of hydrogen-bond acceptors (Lipinski definition) is 4. The number of fused-ring (bicyclic) bond motifs is 1. The molecule has 1 aromatic heterocycles. The minimum absolute atomic E-state index is 0.197. The molecule has 1 heterocycles. The summed E-state index contributed by atoms with van der Waals surface area (Å²) in [6, 6.07) is 19.2. The summed E-state index contributed by atoms with van der Waals surface area (Å²) in [4.78, 5) is 30.4. The first-order valence-corrected chi connectivity index (χ1v) is 10.8. The molecule has 0 unspecified atom stereocenters. The number of benzene rings is 3. The first-order valence-electron chi connectivity index (χ1n) is 9.66. The van der Waals surface area contributed by atoms with Crippen LogP contribution in [0.15, 0.2) is 66.7 Å². The molecule has 0 bridgehead atoms. The quantitative estimate of drug-likeness (QED) is 0.222. The number of esters is 1. The predicted molar refractivity (Wildman–Crippen MR) is 128 cm³/mol. The van der Waals surface area contributed by atoms with Crippen LogP contribution in [0.3, 0.4) is 0 Å². The van der Waals surface area contributed by atoms with Crippen LogP contribution in [0, 0.1) is 6.92 Å². The lowest BCUT2D eigenvalue weighted by molar-refractivity contribution is 0.0476. The molecule has 0 radical (unpaired) electrons. The molecule has 0 amide bonds. The average Bonchev–Trinajstić information content (AvgIpc) is 2.78. The number of nitrogens with zero attached hydrogens (tertiary/aromatic N) is 1. The Morgan fingerprint density at radius 2 is 1.66 bits per heavy atom. The van der Waals surface area contributed by atoms with Gasteiger partial charge in [-0.25, -0.2) is 9.78 Å². The molecule has 0 aliphatic carbocycles. The van der Waals surface area contributed by atoms with E-state index in [0.29, 0.717) is 37.8 Å². The van der Waals surface area contributed by atoms with Crippen molar-refractivity contribution in [3.63, 3.8) is 0 Å². The second-order valence-electron chi connectivity index (χ2n) is 7.09. The van der Waals surface area contributed by atoms with Crippen LogP contribution >= 0.6 is 34.8 Å². The van der Waals surface area contributed by atoms with Crippen molar-refractivity contribution >= 4 is 57.5 Å². The van der Waals surface area contributed by atoms with Gasteiger partial charge in [-0.2, -0.15) is 0 Å². The normalized spacial score (nSPS) is 10.9. The van der Waals surface area contributed by atoms with Crippen LogP contribution in [0.4, 0.5) is 0 Å². The Kier molecular flexibility index (Phi) is 6.47. The van der Waals surface area contributed by atoms with Gasteiger partial charge in [0.05, 0.1) is 26.8 Å². The zero-order valence-electron chi connectivity index (χ0n) is 16.9. The van der Waals surface area contributed by atoms with E-state index >= 15 is 0 Å². The summed E-state index contributed by atoms with van der Waals surface area (Å²) in [6.45, 7) is 1.33. The molecule has 0 spiro atoms. The number of Topliss-reactive ketones (excluding diaryl/α,β-unsaturated/α-hetero) is 1. The average molecular weight is 485 g/mol. The van der Waals surface area contributed by atoms with Gasteiger partial charge in [-0.15, -0.1) is 0 Å². The fraction of sp³-hybridized carbons (Fsp3) is 0.0800. The number of ether oxygens (including phenoxy) is 1. The fourth-order valence-corrected chi connectivity index (χ4v) is 4.21. The molecule has 0 aliphatic heterocycles. The van der Waals surface area contributed by atoms with Crippen molar-refractivity contribution in [2.24, 2.45) is 0 Å². The van der Waals surface area contributed by atoms with Crippen LogP contribution in [0.1, 0.15) is 26.3 Å². The van der Waals surface area contributed by atoms with E-state index in [-0.39, 0.29) is 10.6 Å². The Hall–Kier alpha value is -2.92. The molecule has 4 aromatic rings. The number of pyridine rings is 1. The third-order valence-electron chi connectivity index (χ3n) is 5.03. The Morgan fingerprint density at radius 3 is 2.38 bits per heavy atom. The van der Waals surface area contributed by atoms with E-state index in [1.54, 1.807) is 31.2 Å². The third kappa shape index (κ3) is 4.35. The minimum atomic E-state index is -0.646. The number of ketones is 1. The zero-order chi connectivity index (χ0) is 22.8. The number of carbonyl (C=O) groups excluding carboxylic acids is 2. The molecule has 160 valence electrons. The van der Waals surface area contributed by atoms with Gasteiger partial charge in [-0.3, -0.25) is 4.79 Å². The highest BCUT2D eigenvalue weighted by Gasteiger charge is 2.22. The van der Waals surface area contributed by atoms with Crippen LogP contribution < -0.4 is 0 Å². The second-order valence-corrected chi connectivity index (χ2v) is 8.34. The number of rotatable bonds is 5. The van der Waals surface area contributed by atoms with Crippen LogP contribution in [0.25, 0.3) is 22.2 Å². The predicted octanol–water partition coefficient (Wildman–Crippen LogP) is 7.21. The van der Waals surface area contributed by atoms with E-state index < -0.39 is 18.4 Å². The molecule has 32 heavy (non-hydrogen) atoms. The lowest BCUT2D eigenvalue weighted by Crippen LogP contribution is -2.16. The maximum atomic E-state index is 13.1. The van der Waals surface area contributed by atoms with Gasteiger partial charge in [0.25, 0.3) is 0 Å². The fourth-order valence-electron chi connectivity index (χ4n) is 3.48. The molecule has 0 atom stereocenters. The van der Waals surface area contributed by atoms with Gasteiger partial charge in [-0.1, -0.05) is 77.3 Å². The minimum Gasteiger partial charge on any atom is -0.454 e. The van der Waals surface area contributed by atoms with E-state index in [1.807, 2.05) is 30.3 Å². The van der Waals surface area contributed by atoms with Crippen molar-refractivity contribution in [2.75, 3.05) is 6.61 Å². The first-order chi connectivity index (χ1) is 15.4. The van der Waals surface area contributed by atoms with E-state index in [2.05, 4.69) is 0 Å². The molecule has 4 rings (SSSR count). The molecule has 0 saturated carbocycles. The van der Waals surface area contributed by atoms with Crippen molar-refractivity contribution in [3.8, 4) is 11.3 Å². The Labute approximate surface area is 199 Å². The zero-order valence-corrected chi connectivity index (χ0v) is 19.1. The SMILES string of the molecule is Cc1c(-c2ccccc2)nc2c(Cl)cccc2c1C(=O)OCC(=O)c1ccc(Cl)cc1Cl. The Morgan fingerprint density at radius 1 is 0.906 bits per heavy atom. The molecular weight excluding hydrogens is 469 g/mol. The standard InChI is InChI=1S/C25H16Cl3NO3/c1-14-22(25(31)32-13-21(30)17-11-10-16(26)12-20(17)28)18-8-5-9-19(27)24(18)29-23(14)15-6-3-2-4-7-15/h2-12H,13H2,1H3. The number of aromatic nitrogens is 1. The van der Waals surface area contributed by atoms with Crippen LogP contribution in [-0.4, -0.2) is 23.3 Å². The van der Waals surface area contributed by atoms with E-state index in [1.165, 1.54) is 12.1 Å². The topological polar surface area (TPSA) is 56.3 Å². The molecule has 7 heteroatoms. The maximum absolute atomic E-state index is 13.1. The number of para-hydroxylation sites is 1. The molecule has 0 N–H and O–H groups in total. The smallest absolute Gasteiger partial charge is 0.339 e. The highest BCUT2D eigenvalue weighted by molar-refractivity contribution is 6.37. The van der Waals surface area contributed by atoms with Crippen molar-refractivity contribution < 1.29 is 14.3 Å². The third-order valence-corrected chi connectivity index (χ3v) is 5.88. The summed E-state index contributed by atoms with van der Waals surface area (Å²) in [6.07, 6.45) is 0. The second kappa shape index (κ2) is 9.29. The lowest BCUT2D eigenvalue weighted by Gasteiger charge is -2.15. The van der Waals surface area contributed by atoms with Crippen LogP contribution in [-0.2, 0) is 4.74 Å². The van der Waals surface area contributed by atoms with Gasteiger partial charge >= 0.3 is 5.97 Å². The summed E-state index contributed by atoms with van der Waals surface area (Å²) >= 11 is 18.4. The lowest BCUT2D eigenvalue weighted by atomic mass is 9.98. The molecule has 0 saturated heterocycles. The largest absolute Gasteiger partial charge is 0.454 e. The molecule has 0 aliphatic rings.